The van der Waals surface area contributed by atoms with Gasteiger partial charge in [-0.3, -0.25) is 9.89 Å². The lowest BCUT2D eigenvalue weighted by atomic mass is 9.48. The quantitative estimate of drug-likeness (QED) is 0.908. The van der Waals surface area contributed by atoms with Crippen molar-refractivity contribution in [3.8, 4) is 10.6 Å². The van der Waals surface area contributed by atoms with Crippen LogP contribution >= 0.6 is 11.3 Å². The molecule has 3 heterocycles. The third-order valence-corrected chi connectivity index (χ3v) is 6.53. The first-order valence-corrected chi connectivity index (χ1v) is 8.82. The minimum absolute atomic E-state index is 0.0141. The summed E-state index contributed by atoms with van der Waals surface area (Å²) in [7, 11) is 0. The van der Waals surface area contributed by atoms with E-state index in [1.54, 1.807) is 17.5 Å². The number of nitrogens with one attached hydrogen (secondary N) is 1. The van der Waals surface area contributed by atoms with Crippen molar-refractivity contribution >= 4 is 17.2 Å². The molecule has 0 unspecified atom stereocenters. The number of aliphatic hydroxyl groups is 1. The van der Waals surface area contributed by atoms with Gasteiger partial charge in [-0.2, -0.15) is 5.10 Å². The molecule has 4 rings (SSSR count). The lowest BCUT2D eigenvalue weighted by Crippen LogP contribution is -2.54. The van der Waals surface area contributed by atoms with E-state index < -0.39 is 0 Å². The number of H-pyrrole nitrogens is 1. The van der Waals surface area contributed by atoms with Crippen LogP contribution in [-0.2, 0) is 0 Å². The van der Waals surface area contributed by atoms with E-state index in [0.29, 0.717) is 18.0 Å². The fraction of sp³-hybridized carbons (Fsp3) is 0.529. The highest BCUT2D eigenvalue weighted by Crippen LogP contribution is 2.62. The minimum Gasteiger partial charge on any atom is -0.396 e. The van der Waals surface area contributed by atoms with Crippen LogP contribution in [0.5, 0.6) is 0 Å². The van der Waals surface area contributed by atoms with E-state index >= 15 is 0 Å². The van der Waals surface area contributed by atoms with Gasteiger partial charge in [0.15, 0.2) is 0 Å². The molecule has 5 nitrogen and oxygen atoms in total. The first-order valence-electron chi connectivity index (χ1n) is 7.94. The van der Waals surface area contributed by atoms with Crippen molar-refractivity contribution in [2.45, 2.75) is 20.3 Å². The maximum absolute atomic E-state index is 13.0. The molecule has 2 fully saturated rings. The minimum atomic E-state index is -0.105. The summed E-state index contributed by atoms with van der Waals surface area (Å²) in [6.45, 7) is 5.99. The predicted octanol–water partition coefficient (Wildman–Crippen LogP) is 2.62. The van der Waals surface area contributed by atoms with Crippen molar-refractivity contribution in [2.75, 3.05) is 19.7 Å². The Morgan fingerprint density at radius 3 is 3.00 bits per heavy atom. The number of aromatic nitrogens is 2. The number of likely N-dealkylation sites (tertiary alicyclic amines) is 1. The molecule has 1 aliphatic heterocycles. The number of aliphatic hydroxyl groups excluding tert-OH is 1. The number of hydrogen-bond acceptors (Lipinski definition) is 4. The van der Waals surface area contributed by atoms with Crippen molar-refractivity contribution in [1.82, 2.24) is 15.1 Å². The summed E-state index contributed by atoms with van der Waals surface area (Å²) in [6.07, 6.45) is 2.60. The Hall–Kier alpha value is -1.66. The number of fused-ring (bicyclic) bond motifs is 1. The number of aromatic amines is 1. The normalized spacial score (nSPS) is 28.5. The van der Waals surface area contributed by atoms with Crippen LogP contribution in [0.2, 0.25) is 0 Å². The highest BCUT2D eigenvalue weighted by molar-refractivity contribution is 7.13. The van der Waals surface area contributed by atoms with E-state index in [0.717, 1.165) is 23.5 Å². The molecule has 1 saturated heterocycles. The van der Waals surface area contributed by atoms with E-state index in [9.17, 15) is 9.90 Å². The zero-order valence-corrected chi connectivity index (χ0v) is 14.2. The molecular weight excluding hydrogens is 310 g/mol. The van der Waals surface area contributed by atoms with E-state index in [1.807, 2.05) is 22.4 Å². The number of carbonyl (C=O) groups is 1. The first-order chi connectivity index (χ1) is 11.0. The zero-order chi connectivity index (χ0) is 16.2. The molecule has 0 spiro atoms. The Balaban J connectivity index is 1.61. The number of thiophene rings is 1. The van der Waals surface area contributed by atoms with Gasteiger partial charge in [0.05, 0.1) is 28.9 Å². The number of rotatable bonds is 3. The van der Waals surface area contributed by atoms with Crippen LogP contribution in [0.3, 0.4) is 0 Å². The molecule has 1 saturated carbocycles. The van der Waals surface area contributed by atoms with Crippen LogP contribution in [0.25, 0.3) is 10.6 Å². The van der Waals surface area contributed by atoms with Crippen LogP contribution in [0.1, 0.15) is 30.6 Å². The molecule has 2 aromatic rings. The van der Waals surface area contributed by atoms with Gasteiger partial charge in [0.1, 0.15) is 0 Å². The maximum Gasteiger partial charge on any atom is 0.257 e. The summed E-state index contributed by atoms with van der Waals surface area (Å²) in [5.41, 5.74) is 1.51. The van der Waals surface area contributed by atoms with Gasteiger partial charge in [0.25, 0.3) is 5.91 Å². The molecule has 2 atom stereocenters. The van der Waals surface area contributed by atoms with Gasteiger partial charge in [-0.15, -0.1) is 11.3 Å². The molecule has 122 valence electrons. The number of hydrogen-bond donors (Lipinski definition) is 2. The SMILES string of the molecule is CC1(C)C[C@]2(CO)CN(C(=O)c3cn[nH]c3-c3cccs3)C[C@H]12. The van der Waals surface area contributed by atoms with Gasteiger partial charge in [-0.1, -0.05) is 19.9 Å². The van der Waals surface area contributed by atoms with Crippen LogP contribution in [-0.4, -0.2) is 45.8 Å². The lowest BCUT2D eigenvalue weighted by Gasteiger charge is -2.55. The van der Waals surface area contributed by atoms with Crippen molar-refractivity contribution < 1.29 is 9.90 Å². The van der Waals surface area contributed by atoms with Crippen LogP contribution < -0.4 is 0 Å². The van der Waals surface area contributed by atoms with Gasteiger partial charge >= 0.3 is 0 Å². The molecule has 0 bridgehead atoms. The second-order valence-electron chi connectivity index (χ2n) is 7.56. The van der Waals surface area contributed by atoms with E-state index in [4.69, 9.17) is 0 Å². The number of nitrogens with zero attached hydrogens (tertiary/aromatic N) is 2. The molecule has 1 amide bonds. The summed E-state index contributed by atoms with van der Waals surface area (Å²) in [4.78, 5) is 15.9. The molecule has 6 heteroatoms. The highest BCUT2D eigenvalue weighted by Gasteiger charge is 2.63. The van der Waals surface area contributed by atoms with Crippen molar-refractivity contribution in [1.29, 1.82) is 0 Å². The van der Waals surface area contributed by atoms with E-state index in [-0.39, 0.29) is 23.3 Å². The van der Waals surface area contributed by atoms with Crippen LogP contribution in [0.15, 0.2) is 23.7 Å². The average Bonchev–Trinajstić information content (AvgIpc) is 3.23. The summed E-state index contributed by atoms with van der Waals surface area (Å²) < 4.78 is 0. The molecule has 2 aromatic heterocycles. The summed E-state index contributed by atoms with van der Waals surface area (Å²) in [6, 6.07) is 3.95. The smallest absolute Gasteiger partial charge is 0.257 e. The topological polar surface area (TPSA) is 69.2 Å². The first kappa shape index (κ1) is 14.9. The van der Waals surface area contributed by atoms with Crippen LogP contribution in [0.4, 0.5) is 0 Å². The molecule has 2 aliphatic rings. The zero-order valence-electron chi connectivity index (χ0n) is 13.4. The fourth-order valence-electron chi connectivity index (χ4n) is 4.72. The Morgan fingerprint density at radius 1 is 1.57 bits per heavy atom. The monoisotopic (exact) mass is 331 g/mol. The molecule has 23 heavy (non-hydrogen) atoms. The molecule has 1 aliphatic carbocycles. The second-order valence-corrected chi connectivity index (χ2v) is 8.51. The number of amides is 1. The standard InChI is InChI=1S/C17H21N3O2S/c1-16(2)8-17(10-21)9-20(7-13(16)17)15(22)11-6-18-19-14(11)12-4-3-5-23-12/h3-6,13,21H,7-10H2,1-2H3,(H,18,19)/t13-,17-/m1/s1. The number of carbonyl (C=O) groups excluding carboxylic acids is 1. The van der Waals surface area contributed by atoms with Gasteiger partial charge in [0.2, 0.25) is 0 Å². The Bertz CT molecular complexity index is 737. The van der Waals surface area contributed by atoms with E-state index in [1.165, 1.54) is 0 Å². The van der Waals surface area contributed by atoms with Gasteiger partial charge in [-0.25, -0.2) is 0 Å². The Labute approximate surface area is 139 Å². The predicted molar refractivity (Wildman–Crippen MR) is 89.2 cm³/mol. The summed E-state index contributed by atoms with van der Waals surface area (Å²) in [5.74, 6) is 0.390. The van der Waals surface area contributed by atoms with Crippen LogP contribution in [0, 0.1) is 16.7 Å². The van der Waals surface area contributed by atoms with Crippen molar-refractivity contribution in [3.05, 3.63) is 29.3 Å². The van der Waals surface area contributed by atoms with Gasteiger partial charge in [-0.05, 0) is 29.2 Å². The van der Waals surface area contributed by atoms with Gasteiger partial charge < -0.3 is 10.0 Å². The molecule has 2 N–H and O–H groups in total. The average molecular weight is 331 g/mol. The highest BCUT2D eigenvalue weighted by atomic mass is 32.1. The summed E-state index contributed by atoms with van der Waals surface area (Å²) in [5, 5.41) is 18.9. The molecular formula is C17H21N3O2S. The fourth-order valence-corrected chi connectivity index (χ4v) is 5.46. The maximum atomic E-state index is 13.0. The Kier molecular flexibility index (Phi) is 3.19. The molecule has 0 radical (unpaired) electrons. The Morgan fingerprint density at radius 2 is 2.39 bits per heavy atom. The molecule has 0 aromatic carbocycles. The van der Waals surface area contributed by atoms with Crippen molar-refractivity contribution in [2.24, 2.45) is 16.7 Å². The van der Waals surface area contributed by atoms with Gasteiger partial charge in [0, 0.05) is 18.5 Å². The van der Waals surface area contributed by atoms with Crippen molar-refractivity contribution in [3.63, 3.8) is 0 Å². The largest absolute Gasteiger partial charge is 0.396 e. The second kappa shape index (κ2) is 4.92. The van der Waals surface area contributed by atoms with E-state index in [2.05, 4.69) is 24.0 Å². The third kappa shape index (κ3) is 2.08. The summed E-state index contributed by atoms with van der Waals surface area (Å²) >= 11 is 1.59. The lowest BCUT2D eigenvalue weighted by molar-refractivity contribution is -0.0976. The third-order valence-electron chi connectivity index (χ3n) is 5.64.